The van der Waals surface area contributed by atoms with Crippen LogP contribution in [0.2, 0.25) is 0 Å². The molecule has 1 amide bonds. The number of benzene rings is 3. The molecule has 0 radical (unpaired) electrons. The summed E-state index contributed by atoms with van der Waals surface area (Å²) in [5, 5.41) is 24.6. The number of methoxy groups -OCH3 is 2. The highest BCUT2D eigenvalue weighted by Gasteiger charge is 2.57. The lowest BCUT2D eigenvalue weighted by Crippen LogP contribution is -2.52. The number of halogens is 5. The zero-order valence-electron chi connectivity index (χ0n) is 27.3. The number of rotatable bonds is 15. The highest BCUT2D eigenvalue weighted by atomic mass is 127. The lowest BCUT2D eigenvalue weighted by Gasteiger charge is -2.33. The summed E-state index contributed by atoms with van der Waals surface area (Å²) in [7, 11) is 2.94. The van der Waals surface area contributed by atoms with Crippen molar-refractivity contribution in [1.29, 1.82) is 0 Å². The van der Waals surface area contributed by atoms with E-state index >= 15 is 0 Å². The molecular weight excluding hydrogens is 838 g/mol. The van der Waals surface area contributed by atoms with Crippen molar-refractivity contribution in [2.75, 3.05) is 38.4 Å². The van der Waals surface area contributed by atoms with Crippen LogP contribution in [0.1, 0.15) is 34.1 Å². The summed E-state index contributed by atoms with van der Waals surface area (Å²) in [5.74, 6) is -0.180. The van der Waals surface area contributed by atoms with Crippen LogP contribution in [0.15, 0.2) is 77.3 Å². The van der Waals surface area contributed by atoms with Crippen LogP contribution in [-0.4, -0.2) is 65.7 Å². The first kappa shape index (κ1) is 39.2. The number of alkyl halides is 4. The average Bonchev–Trinajstić information content (AvgIpc) is 3.10. The quantitative estimate of drug-likeness (QED) is 0.0589. The fourth-order valence-electron chi connectivity index (χ4n) is 4.76. The van der Waals surface area contributed by atoms with Gasteiger partial charge < -0.3 is 40.2 Å². The predicted molar refractivity (Wildman–Crippen MR) is 193 cm³/mol. The fraction of sp³-hybridized carbons (Fsp3) is 0.314. The summed E-state index contributed by atoms with van der Waals surface area (Å²) in [4.78, 5) is 17.2. The summed E-state index contributed by atoms with van der Waals surface area (Å²) < 4.78 is 66.9. The predicted octanol–water partition coefficient (Wildman–Crippen LogP) is 6.62. The number of aliphatic hydroxyl groups is 1. The summed E-state index contributed by atoms with van der Waals surface area (Å²) in [6.45, 7) is 0.980. The van der Waals surface area contributed by atoms with Crippen molar-refractivity contribution in [2.45, 2.75) is 30.8 Å². The van der Waals surface area contributed by atoms with Crippen LogP contribution in [0.4, 0.5) is 13.2 Å². The van der Waals surface area contributed by atoms with Crippen molar-refractivity contribution >= 4 is 44.4 Å². The van der Waals surface area contributed by atoms with E-state index in [1.807, 2.05) is 46.9 Å². The Morgan fingerprint density at radius 3 is 2.26 bits per heavy atom. The minimum atomic E-state index is -5.31. The molecule has 50 heavy (non-hydrogen) atoms. The van der Waals surface area contributed by atoms with Crippen LogP contribution >= 0.6 is 38.5 Å². The van der Waals surface area contributed by atoms with Crippen LogP contribution in [0, 0.1) is 0 Å². The molecule has 3 aromatic carbocycles. The first-order valence-corrected chi connectivity index (χ1v) is 17.4. The minimum absolute atomic E-state index is 0.0520. The molecule has 10 nitrogen and oxygen atoms in total. The molecule has 0 bridgehead atoms. The Bertz CT molecular complexity index is 1780. The van der Waals surface area contributed by atoms with Gasteiger partial charge in [-0.1, -0.05) is 62.8 Å². The van der Waals surface area contributed by atoms with E-state index in [2.05, 4.69) is 26.2 Å². The maximum Gasteiger partial charge on any atom is 0.424 e. The molecule has 0 spiro atoms. The van der Waals surface area contributed by atoms with Gasteiger partial charge in [0.25, 0.3) is 5.91 Å². The highest BCUT2D eigenvalue weighted by molar-refractivity contribution is 14.1. The van der Waals surface area contributed by atoms with Gasteiger partial charge in [0, 0.05) is 25.6 Å². The number of nitrogens with one attached hydrogen (secondary N) is 1. The van der Waals surface area contributed by atoms with Gasteiger partial charge in [0.15, 0.2) is 11.5 Å². The summed E-state index contributed by atoms with van der Waals surface area (Å²) in [6.07, 6.45) is -5.31. The Morgan fingerprint density at radius 2 is 1.66 bits per heavy atom. The van der Waals surface area contributed by atoms with Crippen molar-refractivity contribution < 1.29 is 47.1 Å². The zero-order valence-corrected chi connectivity index (χ0v) is 31.1. The molecule has 5 N–H and O–H groups in total. The molecule has 4 rings (SSSR count). The molecular formula is C35H36BrF3IN3O7. The summed E-state index contributed by atoms with van der Waals surface area (Å²) >= 11 is 5.26. The smallest absolute Gasteiger partial charge is 0.424 e. The van der Waals surface area contributed by atoms with E-state index in [-0.39, 0.29) is 51.5 Å². The standard InChI is InChI=1S/C35H36BrF3IN3O7/c1-33(41,19-40)26-17-29(43-30(31(26)44)22-6-9-24(36)10-7-22)34(46,35(37,38)39)20-42-32(45)23-8-13-27(28(16-23)48-3)50-15-14-49-18-21-4-11-25(47-2)12-5-21/h4-13,16-17,44,46H,14-15,18-20,41H2,1-3H3,(H,42,45). The number of carbonyl (C=O) groups excluding carboxylic acids is 1. The topological polar surface area (TPSA) is 145 Å². The maximum absolute atomic E-state index is 14.7. The van der Waals surface area contributed by atoms with E-state index < -0.39 is 41.2 Å². The number of amides is 1. The third-order valence-corrected chi connectivity index (χ3v) is 9.85. The molecule has 15 heteroatoms. The lowest BCUT2D eigenvalue weighted by atomic mass is 9.88. The highest BCUT2D eigenvalue weighted by Crippen LogP contribution is 2.43. The van der Waals surface area contributed by atoms with Gasteiger partial charge in [-0.15, -0.1) is 0 Å². The van der Waals surface area contributed by atoms with Gasteiger partial charge in [-0.25, -0.2) is 4.98 Å². The Balaban J connectivity index is 1.52. The second kappa shape index (κ2) is 16.6. The molecule has 268 valence electrons. The number of aromatic nitrogens is 1. The molecule has 0 aliphatic rings. The molecule has 2 unspecified atom stereocenters. The first-order chi connectivity index (χ1) is 23.6. The van der Waals surface area contributed by atoms with Gasteiger partial charge in [-0.3, -0.25) is 4.79 Å². The van der Waals surface area contributed by atoms with Gasteiger partial charge in [0.1, 0.15) is 23.8 Å². The first-order valence-electron chi connectivity index (χ1n) is 15.1. The third-order valence-electron chi connectivity index (χ3n) is 7.74. The second-order valence-electron chi connectivity index (χ2n) is 11.5. The average molecular weight is 874 g/mol. The van der Waals surface area contributed by atoms with Gasteiger partial charge in [0.05, 0.1) is 45.2 Å². The largest absolute Gasteiger partial charge is 0.505 e. The van der Waals surface area contributed by atoms with Crippen LogP contribution in [-0.2, 0) is 22.5 Å². The van der Waals surface area contributed by atoms with Crippen LogP contribution in [0.25, 0.3) is 11.3 Å². The molecule has 0 saturated heterocycles. The molecule has 4 aromatic rings. The molecule has 2 atom stereocenters. The molecule has 1 heterocycles. The van der Waals surface area contributed by atoms with E-state index in [0.29, 0.717) is 11.1 Å². The number of nitrogens with two attached hydrogens (primary N) is 1. The number of hydrogen-bond donors (Lipinski definition) is 4. The Labute approximate surface area is 309 Å². The SMILES string of the molecule is COc1ccc(COCCOc2ccc(C(=O)NCC(O)(c3cc(C(C)(N)CI)c(O)c(-c4ccc(Br)cc4)n3)C(F)(F)F)cc2OC)cc1. The number of carbonyl (C=O) groups is 1. The van der Waals surface area contributed by atoms with Crippen molar-refractivity contribution in [2.24, 2.45) is 5.73 Å². The Hall–Kier alpha value is -3.64. The van der Waals surface area contributed by atoms with Gasteiger partial charge >= 0.3 is 6.18 Å². The van der Waals surface area contributed by atoms with Crippen molar-refractivity contribution in [3.8, 4) is 34.3 Å². The maximum atomic E-state index is 14.7. The third kappa shape index (κ3) is 9.17. The van der Waals surface area contributed by atoms with E-state index in [0.717, 1.165) is 17.4 Å². The summed E-state index contributed by atoms with van der Waals surface area (Å²) in [6, 6.07) is 18.8. The van der Waals surface area contributed by atoms with Crippen molar-refractivity contribution in [3.63, 3.8) is 0 Å². The van der Waals surface area contributed by atoms with Crippen molar-refractivity contribution in [3.05, 3.63) is 99.7 Å². The minimum Gasteiger partial charge on any atom is -0.505 e. The van der Waals surface area contributed by atoms with E-state index in [1.54, 1.807) is 31.4 Å². The van der Waals surface area contributed by atoms with Crippen molar-refractivity contribution in [1.82, 2.24) is 10.3 Å². The fourth-order valence-corrected chi connectivity index (χ4v) is 5.44. The molecule has 0 saturated carbocycles. The van der Waals surface area contributed by atoms with Gasteiger partial charge in [-0.05, 0) is 61.0 Å². The normalized spacial score (nSPS) is 14.0. The number of nitrogens with zero attached hydrogens (tertiary/aromatic N) is 1. The molecule has 1 aromatic heterocycles. The zero-order chi connectivity index (χ0) is 36.7. The van der Waals surface area contributed by atoms with Gasteiger partial charge in [0.2, 0.25) is 5.60 Å². The van der Waals surface area contributed by atoms with E-state index in [4.69, 9.17) is 24.7 Å². The monoisotopic (exact) mass is 873 g/mol. The molecule has 0 aliphatic carbocycles. The van der Waals surface area contributed by atoms with Gasteiger partial charge in [-0.2, -0.15) is 13.2 Å². The van der Waals surface area contributed by atoms with E-state index in [9.17, 15) is 28.2 Å². The molecule has 0 fully saturated rings. The number of aromatic hydroxyl groups is 1. The second-order valence-corrected chi connectivity index (χ2v) is 13.1. The Morgan fingerprint density at radius 1 is 0.980 bits per heavy atom. The van der Waals surface area contributed by atoms with E-state index in [1.165, 1.54) is 32.2 Å². The van der Waals surface area contributed by atoms with Crippen LogP contribution in [0.3, 0.4) is 0 Å². The summed E-state index contributed by atoms with van der Waals surface area (Å²) in [5.41, 5.74) is 1.45. The van der Waals surface area contributed by atoms with Crippen LogP contribution < -0.4 is 25.3 Å². The molecule has 0 aliphatic heterocycles. The Kier molecular flexibility index (Phi) is 13.0. The number of hydrogen-bond acceptors (Lipinski definition) is 9. The number of pyridine rings is 1. The van der Waals surface area contributed by atoms with Crippen LogP contribution in [0.5, 0.6) is 23.0 Å². The lowest BCUT2D eigenvalue weighted by molar-refractivity contribution is -0.265. The number of ether oxygens (including phenoxy) is 4.